The maximum atomic E-state index is 13.7. The van der Waals surface area contributed by atoms with Gasteiger partial charge in [-0.1, -0.05) is 18.2 Å². The maximum Gasteiger partial charge on any atom is 0.127 e. The lowest BCUT2D eigenvalue weighted by Crippen LogP contribution is -2.38. The number of hydrogen-bond acceptors (Lipinski definition) is 2. The van der Waals surface area contributed by atoms with E-state index in [4.69, 9.17) is 0 Å². The Morgan fingerprint density at radius 2 is 1.74 bits per heavy atom. The van der Waals surface area contributed by atoms with E-state index in [-0.39, 0.29) is 11.7 Å². The van der Waals surface area contributed by atoms with Crippen LogP contribution in [0.25, 0.3) is 0 Å². The van der Waals surface area contributed by atoms with Gasteiger partial charge in [-0.25, -0.2) is 4.39 Å². The lowest BCUT2D eigenvalue weighted by molar-refractivity contribution is 0.171. The summed E-state index contributed by atoms with van der Waals surface area (Å²) in [7, 11) is 0. The van der Waals surface area contributed by atoms with Crippen LogP contribution in [0.3, 0.4) is 0 Å². The van der Waals surface area contributed by atoms with Crippen LogP contribution in [0.4, 0.5) is 4.39 Å². The summed E-state index contributed by atoms with van der Waals surface area (Å²) in [6.45, 7) is 9.38. The Labute approximate surface area is 115 Å². The van der Waals surface area contributed by atoms with E-state index < -0.39 is 0 Å². The first-order valence-corrected chi connectivity index (χ1v) is 6.87. The fourth-order valence-corrected chi connectivity index (χ4v) is 2.44. The minimum Gasteiger partial charge on any atom is -0.298 e. The van der Waals surface area contributed by atoms with Gasteiger partial charge in [-0.3, -0.25) is 4.90 Å². The normalized spacial score (nSPS) is 13.0. The summed E-state index contributed by atoms with van der Waals surface area (Å²) in [5, 5.41) is 9.26. The fourth-order valence-electron chi connectivity index (χ4n) is 2.44. The first-order chi connectivity index (χ1) is 8.97. The molecule has 0 saturated carbocycles. The number of nitriles is 1. The Morgan fingerprint density at radius 3 is 2.21 bits per heavy atom. The Kier molecular flexibility index (Phi) is 5.98. The van der Waals surface area contributed by atoms with Crippen LogP contribution in [0.2, 0.25) is 0 Å². The van der Waals surface area contributed by atoms with Crippen LogP contribution in [0.5, 0.6) is 0 Å². The van der Waals surface area contributed by atoms with Crippen LogP contribution in [-0.2, 0) is 0 Å². The predicted octanol–water partition coefficient (Wildman–Crippen LogP) is 3.94. The van der Waals surface area contributed by atoms with E-state index in [2.05, 4.69) is 38.7 Å². The standard InChI is InChI=1S/C16H23FN2/c1-12(2)19(13(3)4)10-9-14(11-18)15-7-5-6-8-16(15)17/h5-8,12-14H,9-10H2,1-4H3. The zero-order valence-electron chi connectivity index (χ0n) is 12.2. The number of benzene rings is 1. The van der Waals surface area contributed by atoms with Gasteiger partial charge < -0.3 is 0 Å². The molecule has 0 radical (unpaired) electrons. The van der Waals surface area contributed by atoms with Crippen molar-refractivity contribution in [2.24, 2.45) is 0 Å². The van der Waals surface area contributed by atoms with Crippen molar-refractivity contribution in [1.82, 2.24) is 4.90 Å². The second-order valence-electron chi connectivity index (χ2n) is 5.42. The van der Waals surface area contributed by atoms with Gasteiger partial charge in [0, 0.05) is 24.2 Å². The molecular formula is C16H23FN2. The molecule has 0 aliphatic heterocycles. The van der Waals surface area contributed by atoms with Crippen molar-refractivity contribution in [3.63, 3.8) is 0 Å². The molecule has 0 aliphatic carbocycles. The molecule has 0 N–H and O–H groups in total. The van der Waals surface area contributed by atoms with Crippen molar-refractivity contribution < 1.29 is 4.39 Å². The highest BCUT2D eigenvalue weighted by molar-refractivity contribution is 5.26. The summed E-state index contributed by atoms with van der Waals surface area (Å²) in [5.74, 6) is -0.657. The van der Waals surface area contributed by atoms with Crippen molar-refractivity contribution in [1.29, 1.82) is 5.26 Å². The highest BCUT2D eigenvalue weighted by atomic mass is 19.1. The minimum absolute atomic E-state index is 0.283. The molecule has 3 heteroatoms. The van der Waals surface area contributed by atoms with Crippen molar-refractivity contribution in [2.45, 2.75) is 52.1 Å². The summed E-state index contributed by atoms with van der Waals surface area (Å²) < 4.78 is 13.7. The maximum absolute atomic E-state index is 13.7. The van der Waals surface area contributed by atoms with Gasteiger partial charge in [-0.05, 0) is 40.2 Å². The van der Waals surface area contributed by atoms with Gasteiger partial charge in [0.15, 0.2) is 0 Å². The van der Waals surface area contributed by atoms with Crippen molar-refractivity contribution in [3.8, 4) is 6.07 Å². The van der Waals surface area contributed by atoms with E-state index in [9.17, 15) is 9.65 Å². The molecule has 1 unspecified atom stereocenters. The van der Waals surface area contributed by atoms with Gasteiger partial charge in [0.05, 0.1) is 12.0 Å². The van der Waals surface area contributed by atoms with Crippen molar-refractivity contribution >= 4 is 0 Å². The first-order valence-electron chi connectivity index (χ1n) is 6.87. The lowest BCUT2D eigenvalue weighted by Gasteiger charge is -2.31. The number of halogens is 1. The van der Waals surface area contributed by atoms with Gasteiger partial charge in [0.25, 0.3) is 0 Å². The van der Waals surface area contributed by atoms with E-state index in [1.165, 1.54) is 6.07 Å². The summed E-state index contributed by atoms with van der Waals surface area (Å²) in [4.78, 5) is 2.32. The molecule has 1 rings (SSSR count). The summed E-state index contributed by atoms with van der Waals surface area (Å²) in [6.07, 6.45) is 0.661. The minimum atomic E-state index is -0.374. The molecular weight excluding hydrogens is 239 g/mol. The van der Waals surface area contributed by atoms with Gasteiger partial charge in [0.2, 0.25) is 0 Å². The van der Waals surface area contributed by atoms with Crippen molar-refractivity contribution in [2.75, 3.05) is 6.54 Å². The fraction of sp³-hybridized carbons (Fsp3) is 0.562. The quantitative estimate of drug-likeness (QED) is 0.776. The molecule has 1 atom stereocenters. The molecule has 0 aromatic heterocycles. The van der Waals surface area contributed by atoms with Crippen LogP contribution in [0.1, 0.15) is 45.6 Å². The second-order valence-corrected chi connectivity index (χ2v) is 5.42. The van der Waals surface area contributed by atoms with Gasteiger partial charge in [0.1, 0.15) is 5.82 Å². The zero-order valence-corrected chi connectivity index (χ0v) is 12.2. The molecule has 0 spiro atoms. The Morgan fingerprint density at radius 1 is 1.16 bits per heavy atom. The molecule has 1 aromatic carbocycles. The van der Waals surface area contributed by atoms with Gasteiger partial charge in [-0.2, -0.15) is 5.26 Å². The Bertz CT molecular complexity index is 427. The molecule has 19 heavy (non-hydrogen) atoms. The third-order valence-electron chi connectivity index (χ3n) is 3.44. The highest BCUT2D eigenvalue weighted by Gasteiger charge is 2.19. The Hall–Kier alpha value is -1.40. The zero-order chi connectivity index (χ0) is 14.4. The summed E-state index contributed by atoms with van der Waals surface area (Å²) >= 11 is 0. The lowest BCUT2D eigenvalue weighted by atomic mass is 9.96. The monoisotopic (exact) mass is 262 g/mol. The van der Waals surface area contributed by atoms with E-state index in [1.54, 1.807) is 18.2 Å². The molecule has 0 saturated heterocycles. The number of hydrogen-bond donors (Lipinski definition) is 0. The second kappa shape index (κ2) is 7.25. The molecule has 0 bridgehead atoms. The van der Waals surface area contributed by atoms with Crippen LogP contribution < -0.4 is 0 Å². The molecule has 104 valence electrons. The van der Waals surface area contributed by atoms with E-state index in [0.29, 0.717) is 24.1 Å². The molecule has 0 amide bonds. The van der Waals surface area contributed by atoms with E-state index in [0.717, 1.165) is 6.54 Å². The number of nitrogens with zero attached hydrogens (tertiary/aromatic N) is 2. The molecule has 0 fully saturated rings. The SMILES string of the molecule is CC(C)N(CCC(C#N)c1ccccc1F)C(C)C. The average molecular weight is 262 g/mol. The van der Waals surface area contributed by atoms with Gasteiger partial charge in [-0.15, -0.1) is 0 Å². The third kappa shape index (κ3) is 4.33. The van der Waals surface area contributed by atoms with Crippen LogP contribution in [0.15, 0.2) is 24.3 Å². The van der Waals surface area contributed by atoms with Crippen molar-refractivity contribution in [3.05, 3.63) is 35.6 Å². The van der Waals surface area contributed by atoms with E-state index in [1.807, 2.05) is 0 Å². The van der Waals surface area contributed by atoms with Gasteiger partial charge >= 0.3 is 0 Å². The molecule has 2 nitrogen and oxygen atoms in total. The molecule has 1 aromatic rings. The predicted molar refractivity (Wildman–Crippen MR) is 76.3 cm³/mol. The summed E-state index contributed by atoms with van der Waals surface area (Å²) in [5.41, 5.74) is 0.512. The largest absolute Gasteiger partial charge is 0.298 e. The molecule has 0 aliphatic rings. The average Bonchev–Trinajstić information content (AvgIpc) is 2.35. The highest BCUT2D eigenvalue weighted by Crippen LogP contribution is 2.23. The van der Waals surface area contributed by atoms with Crippen LogP contribution >= 0.6 is 0 Å². The number of rotatable bonds is 6. The smallest absolute Gasteiger partial charge is 0.127 e. The van der Waals surface area contributed by atoms with E-state index >= 15 is 0 Å². The third-order valence-corrected chi connectivity index (χ3v) is 3.44. The Balaban J connectivity index is 2.74. The first kappa shape index (κ1) is 15.7. The summed E-state index contributed by atoms with van der Waals surface area (Å²) in [6, 6.07) is 9.65. The topological polar surface area (TPSA) is 27.0 Å². The molecule has 0 heterocycles. The van der Waals surface area contributed by atoms with Crippen LogP contribution in [0, 0.1) is 17.1 Å². The van der Waals surface area contributed by atoms with Crippen LogP contribution in [-0.4, -0.2) is 23.5 Å².